The molecule has 0 aliphatic carbocycles. The van der Waals surface area contributed by atoms with Gasteiger partial charge in [-0.05, 0) is 48.1 Å². The SMILES string of the molecule is CC(C)CC(C/C(=N/N)NN)C(=O)O.Cc1ccc(-c2ccc3c(c2)CNC3)cn1. The van der Waals surface area contributed by atoms with Crippen molar-refractivity contribution >= 4 is 11.8 Å². The lowest BCUT2D eigenvalue weighted by molar-refractivity contribution is -0.142. The number of rotatable bonds is 6. The topological polar surface area (TPSA) is 139 Å². The second-order valence-electron chi connectivity index (χ2n) is 7.86. The quantitative estimate of drug-likeness (QED) is 0.213. The Morgan fingerprint density at radius 2 is 1.93 bits per heavy atom. The molecule has 30 heavy (non-hydrogen) atoms. The number of carboxylic acid groups (broad SMARTS) is 1. The fourth-order valence-electron chi connectivity index (χ4n) is 3.34. The molecule has 0 amide bonds. The van der Waals surface area contributed by atoms with Crippen molar-refractivity contribution in [1.29, 1.82) is 0 Å². The Labute approximate surface area is 177 Å². The van der Waals surface area contributed by atoms with E-state index in [0.717, 1.165) is 18.8 Å². The summed E-state index contributed by atoms with van der Waals surface area (Å²) in [5.74, 6) is 9.40. The van der Waals surface area contributed by atoms with Gasteiger partial charge in [-0.1, -0.05) is 32.0 Å². The zero-order chi connectivity index (χ0) is 22.1. The van der Waals surface area contributed by atoms with Crippen molar-refractivity contribution in [2.24, 2.45) is 28.6 Å². The molecule has 1 aliphatic rings. The second kappa shape index (κ2) is 11.3. The van der Waals surface area contributed by atoms with Crippen molar-refractivity contribution in [3.05, 3.63) is 53.3 Å². The van der Waals surface area contributed by atoms with Crippen molar-refractivity contribution in [2.45, 2.75) is 46.7 Å². The van der Waals surface area contributed by atoms with E-state index >= 15 is 0 Å². The molecule has 1 atom stereocenters. The first-order chi connectivity index (χ1) is 14.3. The number of aliphatic carboxylic acids is 1. The van der Waals surface area contributed by atoms with Gasteiger partial charge in [-0.25, -0.2) is 5.84 Å². The van der Waals surface area contributed by atoms with E-state index < -0.39 is 11.9 Å². The van der Waals surface area contributed by atoms with Crippen LogP contribution in [0.15, 0.2) is 41.6 Å². The summed E-state index contributed by atoms with van der Waals surface area (Å²) in [6.07, 6.45) is 2.76. The van der Waals surface area contributed by atoms with E-state index in [0.29, 0.717) is 18.2 Å². The molecule has 8 heteroatoms. The fourth-order valence-corrected chi connectivity index (χ4v) is 3.34. The molecule has 0 bridgehead atoms. The minimum absolute atomic E-state index is 0.237. The molecule has 0 radical (unpaired) electrons. The average molecular weight is 413 g/mol. The number of nitrogens with two attached hydrogens (primary N) is 2. The van der Waals surface area contributed by atoms with Gasteiger partial charge in [0.15, 0.2) is 0 Å². The molecular weight excluding hydrogens is 380 g/mol. The van der Waals surface area contributed by atoms with E-state index in [1.807, 2.05) is 27.0 Å². The average Bonchev–Trinajstić information content (AvgIpc) is 3.19. The highest BCUT2D eigenvalue weighted by atomic mass is 16.4. The molecule has 162 valence electrons. The van der Waals surface area contributed by atoms with Gasteiger partial charge in [0.2, 0.25) is 0 Å². The van der Waals surface area contributed by atoms with Crippen LogP contribution >= 0.6 is 0 Å². The van der Waals surface area contributed by atoms with E-state index in [1.165, 1.54) is 22.3 Å². The number of carboxylic acids is 1. The smallest absolute Gasteiger partial charge is 0.306 e. The van der Waals surface area contributed by atoms with Crippen molar-refractivity contribution in [2.75, 3.05) is 0 Å². The highest BCUT2D eigenvalue weighted by molar-refractivity contribution is 5.85. The van der Waals surface area contributed by atoms with Crippen molar-refractivity contribution in [1.82, 2.24) is 15.7 Å². The summed E-state index contributed by atoms with van der Waals surface area (Å²) in [7, 11) is 0. The van der Waals surface area contributed by atoms with E-state index in [1.54, 1.807) is 0 Å². The Morgan fingerprint density at radius 3 is 2.50 bits per heavy atom. The first-order valence-electron chi connectivity index (χ1n) is 10.1. The summed E-state index contributed by atoms with van der Waals surface area (Å²) >= 11 is 0. The van der Waals surface area contributed by atoms with Crippen molar-refractivity contribution in [3.63, 3.8) is 0 Å². The van der Waals surface area contributed by atoms with Crippen molar-refractivity contribution in [3.8, 4) is 11.1 Å². The largest absolute Gasteiger partial charge is 0.481 e. The molecule has 1 aromatic heterocycles. The summed E-state index contributed by atoms with van der Waals surface area (Å²) in [6.45, 7) is 7.93. The lowest BCUT2D eigenvalue weighted by atomic mass is 9.94. The molecule has 0 spiro atoms. The highest BCUT2D eigenvalue weighted by Crippen LogP contribution is 2.24. The van der Waals surface area contributed by atoms with E-state index in [9.17, 15) is 4.79 Å². The molecule has 0 saturated carbocycles. The number of hydrazine groups is 1. The lowest BCUT2D eigenvalue weighted by Gasteiger charge is -2.14. The molecular formula is C22H32N6O2. The molecule has 1 aromatic carbocycles. The monoisotopic (exact) mass is 412 g/mol. The number of nitrogens with zero attached hydrogens (tertiary/aromatic N) is 2. The zero-order valence-corrected chi connectivity index (χ0v) is 17.9. The van der Waals surface area contributed by atoms with Gasteiger partial charge in [0.25, 0.3) is 0 Å². The number of aryl methyl sites for hydroxylation is 1. The van der Waals surface area contributed by atoms with Gasteiger partial charge in [0.05, 0.1) is 5.92 Å². The maximum Gasteiger partial charge on any atom is 0.306 e. The van der Waals surface area contributed by atoms with Crippen LogP contribution in [-0.2, 0) is 17.9 Å². The molecule has 0 fully saturated rings. The first kappa shape index (κ1) is 23.3. The van der Waals surface area contributed by atoms with Gasteiger partial charge in [-0.3, -0.25) is 9.78 Å². The van der Waals surface area contributed by atoms with Gasteiger partial charge >= 0.3 is 5.97 Å². The number of benzene rings is 1. The second-order valence-corrected chi connectivity index (χ2v) is 7.86. The van der Waals surface area contributed by atoms with E-state index in [-0.39, 0.29) is 6.42 Å². The maximum absolute atomic E-state index is 10.8. The number of fused-ring (bicyclic) bond motifs is 1. The molecule has 1 aliphatic heterocycles. The van der Waals surface area contributed by atoms with Crippen LogP contribution in [0.5, 0.6) is 0 Å². The third-order valence-corrected chi connectivity index (χ3v) is 4.95. The van der Waals surface area contributed by atoms with Crippen LogP contribution in [0.2, 0.25) is 0 Å². The molecule has 7 N–H and O–H groups in total. The maximum atomic E-state index is 10.8. The number of nitrogens with one attached hydrogen (secondary N) is 2. The zero-order valence-electron chi connectivity index (χ0n) is 17.9. The standard InChI is InChI=1S/C14H14N2.C8H18N4O2/c1-10-2-3-13(9-16-10)11-4-5-12-7-15-8-14(12)6-11;1-5(2)3-6(8(13)14)4-7(11-9)12-10/h2-6,9,15H,7-8H2,1H3;5-6H,3-4,9-10H2,1-2H3,(H,11,12)(H,13,14). The lowest BCUT2D eigenvalue weighted by Crippen LogP contribution is -2.34. The number of hydrazone groups is 1. The van der Waals surface area contributed by atoms with Crippen LogP contribution in [0.1, 0.15) is 43.5 Å². The minimum Gasteiger partial charge on any atom is -0.481 e. The number of carbonyl (C=O) groups is 1. The van der Waals surface area contributed by atoms with Gasteiger partial charge in [0.1, 0.15) is 5.84 Å². The van der Waals surface area contributed by atoms with Gasteiger partial charge in [0, 0.05) is 37.0 Å². The van der Waals surface area contributed by atoms with Gasteiger partial charge in [-0.15, -0.1) is 0 Å². The van der Waals surface area contributed by atoms with Gasteiger partial charge < -0.3 is 21.7 Å². The van der Waals surface area contributed by atoms with Crippen LogP contribution in [0.4, 0.5) is 0 Å². The Bertz CT molecular complexity index is 864. The number of hydrogen-bond acceptors (Lipinski definition) is 6. The number of pyridine rings is 1. The van der Waals surface area contributed by atoms with Crippen LogP contribution in [0.3, 0.4) is 0 Å². The predicted molar refractivity (Wildman–Crippen MR) is 119 cm³/mol. The first-order valence-corrected chi connectivity index (χ1v) is 10.1. The predicted octanol–water partition coefficient (Wildman–Crippen LogP) is 2.52. The summed E-state index contributed by atoms with van der Waals surface area (Å²) < 4.78 is 0. The molecule has 2 heterocycles. The normalized spacial score (nSPS) is 14.0. The van der Waals surface area contributed by atoms with Crippen molar-refractivity contribution < 1.29 is 9.90 Å². The Balaban J connectivity index is 0.000000217. The molecule has 8 nitrogen and oxygen atoms in total. The Hall–Kier alpha value is -2.97. The number of aromatic nitrogens is 1. The van der Waals surface area contributed by atoms with Crippen LogP contribution in [0, 0.1) is 18.8 Å². The summed E-state index contributed by atoms with van der Waals surface area (Å²) in [4.78, 5) is 15.2. The number of amidine groups is 1. The van der Waals surface area contributed by atoms with Crippen LogP contribution in [0.25, 0.3) is 11.1 Å². The van der Waals surface area contributed by atoms with E-state index in [4.69, 9.17) is 16.8 Å². The molecule has 3 rings (SSSR count). The third-order valence-electron chi connectivity index (χ3n) is 4.95. The van der Waals surface area contributed by atoms with E-state index in [2.05, 4.69) is 51.2 Å². The van der Waals surface area contributed by atoms with Crippen LogP contribution in [-0.4, -0.2) is 21.9 Å². The summed E-state index contributed by atoms with van der Waals surface area (Å²) in [5, 5.41) is 15.6. The Kier molecular flexibility index (Phi) is 8.76. The fraction of sp³-hybridized carbons (Fsp3) is 0.409. The Morgan fingerprint density at radius 1 is 1.23 bits per heavy atom. The summed E-state index contributed by atoms with van der Waals surface area (Å²) in [5.41, 5.74) is 8.62. The van der Waals surface area contributed by atoms with Gasteiger partial charge in [-0.2, -0.15) is 5.10 Å². The highest BCUT2D eigenvalue weighted by Gasteiger charge is 2.20. The molecule has 2 aromatic rings. The molecule has 0 saturated heterocycles. The van der Waals surface area contributed by atoms with Crippen LogP contribution < -0.4 is 22.4 Å². The minimum atomic E-state index is -0.852. The number of hydrogen-bond donors (Lipinski definition) is 5. The third kappa shape index (κ3) is 6.82. The summed E-state index contributed by atoms with van der Waals surface area (Å²) in [6, 6.07) is 10.8. The molecule has 1 unspecified atom stereocenters.